The standard InChI is InChI=1S/C21H17BrN2O5S/c22-15-3-7-16(8-4-15)23-21(25)14-1-5-17(6-2-14)24-30(26,27)18-9-10-19-20(13-18)29-12-11-28-19/h1-10,13,24H,11-12H2,(H,23,25). The van der Waals surface area contributed by atoms with Gasteiger partial charge in [0.1, 0.15) is 13.2 Å². The minimum atomic E-state index is -3.82. The molecule has 30 heavy (non-hydrogen) atoms. The first-order chi connectivity index (χ1) is 14.4. The number of carbonyl (C=O) groups excluding carboxylic acids is 1. The number of sulfonamides is 1. The molecule has 1 aliphatic heterocycles. The summed E-state index contributed by atoms with van der Waals surface area (Å²) in [5.74, 6) is 0.615. The number of amides is 1. The van der Waals surface area contributed by atoms with E-state index in [1.54, 1.807) is 30.3 Å². The maximum absolute atomic E-state index is 12.7. The Bertz CT molecular complexity index is 1180. The SMILES string of the molecule is O=C(Nc1ccc(Br)cc1)c1ccc(NS(=O)(=O)c2ccc3c(c2)OCCO3)cc1. The van der Waals surface area contributed by atoms with Gasteiger partial charge in [-0.15, -0.1) is 0 Å². The van der Waals surface area contributed by atoms with Crippen molar-refractivity contribution in [2.24, 2.45) is 0 Å². The highest BCUT2D eigenvalue weighted by atomic mass is 79.9. The summed E-state index contributed by atoms with van der Waals surface area (Å²) in [4.78, 5) is 12.4. The number of hydrogen-bond acceptors (Lipinski definition) is 5. The molecule has 1 heterocycles. The van der Waals surface area contributed by atoms with Crippen molar-refractivity contribution in [2.75, 3.05) is 23.3 Å². The highest BCUT2D eigenvalue weighted by Gasteiger charge is 2.19. The first kappa shape index (κ1) is 20.2. The van der Waals surface area contributed by atoms with Gasteiger partial charge in [-0.3, -0.25) is 9.52 Å². The molecule has 0 aromatic heterocycles. The third kappa shape index (κ3) is 4.58. The van der Waals surface area contributed by atoms with E-state index in [9.17, 15) is 13.2 Å². The van der Waals surface area contributed by atoms with Gasteiger partial charge in [0.15, 0.2) is 11.5 Å². The second-order valence-electron chi connectivity index (χ2n) is 6.45. The number of ether oxygens (including phenoxy) is 2. The maximum Gasteiger partial charge on any atom is 0.262 e. The number of hydrogen-bond donors (Lipinski definition) is 2. The molecule has 0 radical (unpaired) electrons. The van der Waals surface area contributed by atoms with Crippen LogP contribution in [0.1, 0.15) is 10.4 Å². The molecule has 0 aliphatic carbocycles. The van der Waals surface area contributed by atoms with Crippen LogP contribution in [0.4, 0.5) is 11.4 Å². The van der Waals surface area contributed by atoms with Crippen LogP contribution in [0.5, 0.6) is 11.5 Å². The maximum atomic E-state index is 12.7. The first-order valence-electron chi connectivity index (χ1n) is 9.00. The fourth-order valence-corrected chi connectivity index (χ4v) is 4.17. The first-order valence-corrected chi connectivity index (χ1v) is 11.3. The average molecular weight is 489 g/mol. The monoisotopic (exact) mass is 488 g/mol. The van der Waals surface area contributed by atoms with Crippen molar-refractivity contribution < 1.29 is 22.7 Å². The molecule has 0 saturated heterocycles. The minimum absolute atomic E-state index is 0.0591. The van der Waals surface area contributed by atoms with Crippen molar-refractivity contribution in [2.45, 2.75) is 4.90 Å². The topological polar surface area (TPSA) is 93.7 Å². The molecule has 7 nitrogen and oxygen atoms in total. The Morgan fingerprint density at radius 2 is 1.47 bits per heavy atom. The molecular weight excluding hydrogens is 472 g/mol. The van der Waals surface area contributed by atoms with Crippen molar-refractivity contribution in [3.8, 4) is 11.5 Å². The van der Waals surface area contributed by atoms with E-state index in [-0.39, 0.29) is 10.8 Å². The third-order valence-corrected chi connectivity index (χ3v) is 6.23. The number of nitrogens with one attached hydrogen (secondary N) is 2. The van der Waals surface area contributed by atoms with E-state index in [1.165, 1.54) is 24.3 Å². The fourth-order valence-electron chi connectivity index (χ4n) is 2.83. The second-order valence-corrected chi connectivity index (χ2v) is 9.05. The summed E-state index contributed by atoms with van der Waals surface area (Å²) in [6.07, 6.45) is 0. The lowest BCUT2D eigenvalue weighted by Crippen LogP contribution is -2.17. The van der Waals surface area contributed by atoms with Crippen LogP contribution in [-0.2, 0) is 10.0 Å². The summed E-state index contributed by atoms with van der Waals surface area (Å²) in [6, 6.07) is 17.8. The van der Waals surface area contributed by atoms with Crippen LogP contribution in [0.2, 0.25) is 0 Å². The van der Waals surface area contributed by atoms with Gasteiger partial charge in [-0.1, -0.05) is 15.9 Å². The Balaban J connectivity index is 1.46. The van der Waals surface area contributed by atoms with Crippen molar-refractivity contribution in [3.63, 3.8) is 0 Å². The Morgan fingerprint density at radius 1 is 0.833 bits per heavy atom. The van der Waals surface area contributed by atoms with E-state index in [0.717, 1.165) is 4.47 Å². The zero-order valence-electron chi connectivity index (χ0n) is 15.6. The number of anilines is 2. The van der Waals surface area contributed by atoms with Crippen molar-refractivity contribution in [1.82, 2.24) is 0 Å². The quantitative estimate of drug-likeness (QED) is 0.559. The number of halogens is 1. The lowest BCUT2D eigenvalue weighted by atomic mass is 10.2. The Labute approximate surface area is 182 Å². The summed E-state index contributed by atoms with van der Waals surface area (Å²) in [6.45, 7) is 0.798. The molecule has 0 saturated carbocycles. The van der Waals surface area contributed by atoms with Crippen LogP contribution in [-0.4, -0.2) is 27.5 Å². The lowest BCUT2D eigenvalue weighted by Gasteiger charge is -2.19. The van der Waals surface area contributed by atoms with Crippen LogP contribution in [0.15, 0.2) is 76.1 Å². The normalized spacial score (nSPS) is 12.8. The molecule has 1 amide bonds. The van der Waals surface area contributed by atoms with Gasteiger partial charge in [0, 0.05) is 27.5 Å². The number of fused-ring (bicyclic) bond motifs is 1. The van der Waals surface area contributed by atoms with Crippen LogP contribution >= 0.6 is 15.9 Å². The van der Waals surface area contributed by atoms with Gasteiger partial charge in [-0.25, -0.2) is 8.42 Å². The lowest BCUT2D eigenvalue weighted by molar-refractivity contribution is 0.102. The zero-order valence-corrected chi connectivity index (χ0v) is 18.0. The summed E-state index contributed by atoms with van der Waals surface area (Å²) >= 11 is 3.34. The predicted octanol–water partition coefficient (Wildman–Crippen LogP) is 4.27. The highest BCUT2D eigenvalue weighted by Crippen LogP contribution is 2.32. The average Bonchev–Trinajstić information content (AvgIpc) is 2.75. The zero-order chi connectivity index (χ0) is 21.1. The molecule has 9 heteroatoms. The van der Waals surface area contributed by atoms with E-state index in [0.29, 0.717) is 41.7 Å². The Kier molecular flexibility index (Phi) is 5.65. The Morgan fingerprint density at radius 3 is 2.17 bits per heavy atom. The molecule has 154 valence electrons. The van der Waals surface area contributed by atoms with Crippen LogP contribution < -0.4 is 19.5 Å². The van der Waals surface area contributed by atoms with Gasteiger partial charge in [-0.2, -0.15) is 0 Å². The van der Waals surface area contributed by atoms with Crippen LogP contribution in [0.3, 0.4) is 0 Å². The van der Waals surface area contributed by atoms with Crippen LogP contribution in [0, 0.1) is 0 Å². The second kappa shape index (κ2) is 8.37. The summed E-state index contributed by atoms with van der Waals surface area (Å²) in [7, 11) is -3.82. The van der Waals surface area contributed by atoms with E-state index < -0.39 is 10.0 Å². The molecule has 0 fully saturated rings. The van der Waals surface area contributed by atoms with E-state index in [1.807, 2.05) is 12.1 Å². The van der Waals surface area contributed by atoms with Gasteiger partial charge >= 0.3 is 0 Å². The smallest absolute Gasteiger partial charge is 0.262 e. The largest absolute Gasteiger partial charge is 0.486 e. The summed E-state index contributed by atoms with van der Waals surface area (Å²) in [5.41, 5.74) is 1.40. The molecule has 0 bridgehead atoms. The van der Waals surface area contributed by atoms with Crippen molar-refractivity contribution >= 4 is 43.2 Å². The molecule has 0 unspecified atom stereocenters. The van der Waals surface area contributed by atoms with Gasteiger partial charge in [0.2, 0.25) is 0 Å². The van der Waals surface area contributed by atoms with E-state index >= 15 is 0 Å². The molecular formula is C21H17BrN2O5S. The summed E-state index contributed by atoms with van der Waals surface area (Å²) in [5, 5.41) is 2.78. The molecule has 4 rings (SSSR count). The van der Waals surface area contributed by atoms with Gasteiger partial charge < -0.3 is 14.8 Å². The molecule has 0 spiro atoms. The Hall–Kier alpha value is -3.04. The molecule has 3 aromatic carbocycles. The predicted molar refractivity (Wildman–Crippen MR) is 117 cm³/mol. The van der Waals surface area contributed by atoms with Crippen molar-refractivity contribution in [1.29, 1.82) is 0 Å². The number of rotatable bonds is 5. The fraction of sp³-hybridized carbons (Fsp3) is 0.0952. The van der Waals surface area contributed by atoms with Gasteiger partial charge in [0.05, 0.1) is 4.90 Å². The van der Waals surface area contributed by atoms with E-state index in [4.69, 9.17) is 9.47 Å². The van der Waals surface area contributed by atoms with Crippen molar-refractivity contribution in [3.05, 3.63) is 76.8 Å². The van der Waals surface area contributed by atoms with E-state index in [2.05, 4.69) is 26.0 Å². The van der Waals surface area contributed by atoms with Gasteiger partial charge in [-0.05, 0) is 60.7 Å². The summed E-state index contributed by atoms with van der Waals surface area (Å²) < 4.78 is 39.6. The third-order valence-electron chi connectivity index (χ3n) is 4.33. The molecule has 0 atom stereocenters. The molecule has 3 aromatic rings. The van der Waals surface area contributed by atoms with Crippen LogP contribution in [0.25, 0.3) is 0 Å². The number of carbonyl (C=O) groups is 1. The minimum Gasteiger partial charge on any atom is -0.486 e. The molecule has 2 N–H and O–H groups in total. The van der Waals surface area contributed by atoms with Gasteiger partial charge in [0.25, 0.3) is 15.9 Å². The highest BCUT2D eigenvalue weighted by molar-refractivity contribution is 9.10. The number of benzene rings is 3. The molecule has 1 aliphatic rings.